The van der Waals surface area contributed by atoms with Gasteiger partial charge in [0.25, 0.3) is 0 Å². The van der Waals surface area contributed by atoms with Crippen LogP contribution in [0.4, 0.5) is 0 Å². The van der Waals surface area contributed by atoms with E-state index in [9.17, 15) is 0 Å². The van der Waals surface area contributed by atoms with Crippen LogP contribution >= 0.6 is 0 Å². The van der Waals surface area contributed by atoms with Gasteiger partial charge in [-0.3, -0.25) is 6.08 Å². The summed E-state index contributed by atoms with van der Waals surface area (Å²) in [6.07, 6.45) is 13.0. The van der Waals surface area contributed by atoms with Gasteiger partial charge in [0.1, 0.15) is 0 Å². The summed E-state index contributed by atoms with van der Waals surface area (Å²) >= 11 is 0. The average molecular weight is 221 g/mol. The number of allylic oxidation sites excluding steroid dienone is 5. The molecule has 0 aliphatic heterocycles. The van der Waals surface area contributed by atoms with E-state index in [4.69, 9.17) is 0 Å². The molecule has 1 aliphatic carbocycles. The molecule has 0 heterocycles. The largest absolute Gasteiger partial charge is 2.00 e. The van der Waals surface area contributed by atoms with Gasteiger partial charge in [-0.25, -0.2) is 31.7 Å². The van der Waals surface area contributed by atoms with Gasteiger partial charge in [0.15, 0.2) is 0 Å². The van der Waals surface area contributed by atoms with E-state index in [-0.39, 0.29) is 19.5 Å². The molecule has 0 amide bonds. The third kappa shape index (κ3) is 10.6. The number of hydrogen-bond acceptors (Lipinski definition) is 0. The van der Waals surface area contributed by atoms with Crippen molar-refractivity contribution < 1.29 is 19.5 Å². The van der Waals surface area contributed by atoms with Gasteiger partial charge >= 0.3 is 19.5 Å². The van der Waals surface area contributed by atoms with Crippen molar-refractivity contribution in [3.63, 3.8) is 0 Å². The van der Waals surface area contributed by atoms with Crippen LogP contribution in [0.1, 0.15) is 12.8 Å². The van der Waals surface area contributed by atoms with Crippen LogP contribution in [-0.2, 0) is 19.5 Å². The van der Waals surface area contributed by atoms with Gasteiger partial charge in [-0.1, -0.05) is 6.42 Å². The van der Waals surface area contributed by atoms with E-state index >= 15 is 0 Å². The Kier molecular flexibility index (Phi) is 14.3. The van der Waals surface area contributed by atoms with Crippen LogP contribution in [0.25, 0.3) is 0 Å². The number of rotatable bonds is 0. The second-order valence-corrected chi connectivity index (χ2v) is 1.63. The quantitative estimate of drug-likeness (QED) is 0.436. The van der Waals surface area contributed by atoms with Crippen molar-refractivity contribution in [2.45, 2.75) is 12.8 Å². The molecule has 0 aromatic carbocycles. The molecular formula is C9H12Ru. The fraction of sp³-hybridized carbons (Fsp3) is 0.222. The first kappa shape index (κ1) is 12.4. The van der Waals surface area contributed by atoms with E-state index in [0.29, 0.717) is 0 Å². The van der Waals surface area contributed by atoms with Gasteiger partial charge in [0.05, 0.1) is 0 Å². The molecule has 1 heteroatoms. The monoisotopic (exact) mass is 222 g/mol. The van der Waals surface area contributed by atoms with Gasteiger partial charge < -0.3 is 0 Å². The molecule has 0 N–H and O–H groups in total. The molecule has 1 aliphatic rings. The van der Waals surface area contributed by atoms with Crippen molar-refractivity contribution in [1.29, 1.82) is 0 Å². The minimum Gasteiger partial charge on any atom is -0.275 e. The Morgan fingerprint density at radius 3 is 2.30 bits per heavy atom. The van der Waals surface area contributed by atoms with Crippen LogP contribution in [0.2, 0.25) is 0 Å². The Morgan fingerprint density at radius 1 is 1.60 bits per heavy atom. The summed E-state index contributed by atoms with van der Waals surface area (Å²) in [7, 11) is 0. The second kappa shape index (κ2) is 11.5. The summed E-state index contributed by atoms with van der Waals surface area (Å²) in [5.41, 5.74) is 0. The summed E-state index contributed by atoms with van der Waals surface area (Å²) in [5.74, 6) is 0. The molecule has 0 unspecified atom stereocenters. The maximum atomic E-state index is 3.25. The van der Waals surface area contributed by atoms with Crippen molar-refractivity contribution in [3.8, 4) is 0 Å². The minimum absolute atomic E-state index is 0. The summed E-state index contributed by atoms with van der Waals surface area (Å²) in [6.45, 7) is 6.50. The Morgan fingerprint density at radius 2 is 2.20 bits per heavy atom. The van der Waals surface area contributed by atoms with Crippen molar-refractivity contribution >= 4 is 0 Å². The SMILES string of the molecule is C=C[CH2-].[C-]1=CC=CCC1.[Ru+2]. The van der Waals surface area contributed by atoms with Crippen LogP contribution in [0.5, 0.6) is 0 Å². The van der Waals surface area contributed by atoms with Crippen LogP contribution in [0, 0.1) is 13.0 Å². The van der Waals surface area contributed by atoms with Gasteiger partial charge in [-0.05, 0) is 0 Å². The molecule has 0 aromatic heterocycles. The van der Waals surface area contributed by atoms with Gasteiger partial charge in [-0.2, -0.15) is 6.08 Å². The van der Waals surface area contributed by atoms with E-state index in [1.165, 1.54) is 12.5 Å². The standard InChI is InChI=1S/C6H7.C3H5.Ru/c1-2-4-6-5-3-1;1-3-2;/h1-3H,4,6H2;3H,1-2H2;/q2*-1;+2. The molecule has 1 rings (SSSR count). The molecule has 0 nitrogen and oxygen atoms in total. The zero-order valence-corrected chi connectivity index (χ0v) is 7.73. The van der Waals surface area contributed by atoms with Crippen LogP contribution in [-0.4, -0.2) is 0 Å². The topological polar surface area (TPSA) is 0 Å². The second-order valence-electron chi connectivity index (χ2n) is 1.63. The predicted octanol–water partition coefficient (Wildman–Crippen LogP) is 2.70. The third-order valence-corrected chi connectivity index (χ3v) is 0.806. The van der Waals surface area contributed by atoms with Crippen molar-refractivity contribution in [1.82, 2.24) is 0 Å². The van der Waals surface area contributed by atoms with Gasteiger partial charge in [0.2, 0.25) is 0 Å². The zero-order chi connectivity index (χ0) is 6.95. The summed E-state index contributed by atoms with van der Waals surface area (Å²) in [4.78, 5) is 0. The Labute approximate surface area is 76.5 Å². The maximum Gasteiger partial charge on any atom is 2.00 e. The first-order valence-electron chi connectivity index (χ1n) is 3.03. The zero-order valence-electron chi connectivity index (χ0n) is 5.99. The van der Waals surface area contributed by atoms with E-state index in [2.05, 4.69) is 25.7 Å². The van der Waals surface area contributed by atoms with E-state index in [0.717, 1.165) is 6.42 Å². The predicted molar refractivity (Wildman–Crippen MR) is 41.7 cm³/mol. The summed E-state index contributed by atoms with van der Waals surface area (Å²) in [5, 5.41) is 0. The fourth-order valence-corrected chi connectivity index (χ4v) is 0.482. The molecule has 0 spiro atoms. The fourth-order valence-electron chi connectivity index (χ4n) is 0.482. The van der Waals surface area contributed by atoms with Crippen LogP contribution in [0.3, 0.4) is 0 Å². The number of hydrogen-bond donors (Lipinski definition) is 0. The van der Waals surface area contributed by atoms with Gasteiger partial charge in [-0.15, -0.1) is 6.42 Å². The molecule has 0 saturated carbocycles. The molecule has 10 heavy (non-hydrogen) atoms. The van der Waals surface area contributed by atoms with Gasteiger partial charge in [0, 0.05) is 0 Å². The van der Waals surface area contributed by atoms with E-state index < -0.39 is 0 Å². The molecule has 0 saturated heterocycles. The maximum absolute atomic E-state index is 3.25. The normalized spacial score (nSPS) is 12.4. The molecule has 0 atom stereocenters. The van der Waals surface area contributed by atoms with Crippen molar-refractivity contribution in [2.75, 3.05) is 0 Å². The average Bonchev–Trinajstić information content (AvgIpc) is 1.93. The molecule has 0 fully saturated rings. The summed E-state index contributed by atoms with van der Waals surface area (Å²) < 4.78 is 0. The first-order chi connectivity index (χ1) is 4.41. The summed E-state index contributed by atoms with van der Waals surface area (Å²) in [6, 6.07) is 0. The first-order valence-corrected chi connectivity index (χ1v) is 3.03. The van der Waals surface area contributed by atoms with Crippen molar-refractivity contribution in [2.24, 2.45) is 0 Å². The minimum atomic E-state index is 0. The Bertz CT molecular complexity index is 99.9. The Hall–Kier alpha value is -0.287. The molecule has 0 aromatic rings. The Balaban J connectivity index is 0. The van der Waals surface area contributed by atoms with E-state index in [1.807, 2.05) is 12.2 Å². The molecule has 0 radical (unpaired) electrons. The molecule has 0 bridgehead atoms. The third-order valence-electron chi connectivity index (χ3n) is 0.806. The smallest absolute Gasteiger partial charge is 0.275 e. The molecule has 56 valence electrons. The van der Waals surface area contributed by atoms with Crippen LogP contribution in [0.15, 0.2) is 30.9 Å². The van der Waals surface area contributed by atoms with E-state index in [1.54, 1.807) is 0 Å². The van der Waals surface area contributed by atoms with Crippen molar-refractivity contribution in [3.05, 3.63) is 43.9 Å². The van der Waals surface area contributed by atoms with Crippen LogP contribution < -0.4 is 0 Å². The molecular weight excluding hydrogens is 209 g/mol.